The summed E-state index contributed by atoms with van der Waals surface area (Å²) >= 11 is 0. The van der Waals surface area contributed by atoms with Gasteiger partial charge in [-0.2, -0.15) is 9.78 Å². The highest BCUT2D eigenvalue weighted by Crippen LogP contribution is 2.18. The molecule has 1 aromatic heterocycles. The summed E-state index contributed by atoms with van der Waals surface area (Å²) < 4.78 is 1.30. The van der Waals surface area contributed by atoms with E-state index in [9.17, 15) is 14.4 Å². The van der Waals surface area contributed by atoms with E-state index in [1.165, 1.54) is 4.68 Å². The molecule has 0 radical (unpaired) electrons. The third-order valence-electron chi connectivity index (χ3n) is 6.14. The highest BCUT2D eigenvalue weighted by Gasteiger charge is 2.27. The summed E-state index contributed by atoms with van der Waals surface area (Å²) in [6.45, 7) is 7.96. The first kappa shape index (κ1) is 22.7. The molecule has 0 atom stereocenters. The number of para-hydroxylation sites is 1. The van der Waals surface area contributed by atoms with Crippen LogP contribution in [0.3, 0.4) is 0 Å². The lowest BCUT2D eigenvalue weighted by Gasteiger charge is -2.35. The number of benzene rings is 2. The van der Waals surface area contributed by atoms with Crippen LogP contribution in [-0.4, -0.2) is 82.1 Å². The van der Waals surface area contributed by atoms with Gasteiger partial charge in [0.05, 0.1) is 17.6 Å². The van der Waals surface area contributed by atoms with Crippen molar-refractivity contribution < 1.29 is 9.59 Å². The Balaban J connectivity index is 1.57. The van der Waals surface area contributed by atoms with Crippen LogP contribution in [0.5, 0.6) is 0 Å². The van der Waals surface area contributed by atoms with Crippen LogP contribution < -0.4 is 5.56 Å². The molecule has 0 spiro atoms. The number of nitrogens with zero attached hydrogens (tertiary/aromatic N) is 5. The van der Waals surface area contributed by atoms with E-state index in [1.54, 1.807) is 35.2 Å². The molecule has 1 saturated heterocycles. The summed E-state index contributed by atoms with van der Waals surface area (Å²) in [5.41, 5.74) is 0.622. The van der Waals surface area contributed by atoms with E-state index in [2.05, 4.69) is 10.00 Å². The second-order valence-electron chi connectivity index (χ2n) is 8.08. The van der Waals surface area contributed by atoms with Crippen LogP contribution in [-0.2, 0) is 4.79 Å². The Hall–Kier alpha value is -3.52. The average Bonchev–Trinajstić information content (AvgIpc) is 2.86. The predicted molar refractivity (Wildman–Crippen MR) is 128 cm³/mol. The smallest absolute Gasteiger partial charge is 0.279 e. The molecular formula is C25H29N5O3. The van der Waals surface area contributed by atoms with Gasteiger partial charge >= 0.3 is 0 Å². The fraction of sp³-hybridized carbons (Fsp3) is 0.360. The normalized spacial score (nSPS) is 14.4. The molecule has 33 heavy (non-hydrogen) atoms. The summed E-state index contributed by atoms with van der Waals surface area (Å²) in [4.78, 5) is 44.6. The number of aromatic nitrogens is 2. The molecule has 172 valence electrons. The molecule has 8 heteroatoms. The maximum Gasteiger partial charge on any atom is 0.279 e. The molecular weight excluding hydrogens is 418 g/mol. The Bertz CT molecular complexity index is 1200. The molecule has 0 bridgehead atoms. The first-order valence-corrected chi connectivity index (χ1v) is 11.4. The van der Waals surface area contributed by atoms with Gasteiger partial charge < -0.3 is 9.80 Å². The molecule has 2 heterocycles. The van der Waals surface area contributed by atoms with Crippen LogP contribution >= 0.6 is 0 Å². The molecule has 4 rings (SSSR count). The topological polar surface area (TPSA) is 78.8 Å². The SMILES string of the molecule is CCN(CC)C(=O)CN1CCN(C(=O)c2nn(-c3ccccc3)c(=O)c3ccccc23)CC1. The van der Waals surface area contributed by atoms with Gasteiger partial charge in [0, 0.05) is 44.7 Å². The quantitative estimate of drug-likeness (QED) is 0.578. The van der Waals surface area contributed by atoms with Crippen LogP contribution in [0, 0.1) is 0 Å². The lowest BCUT2D eigenvalue weighted by molar-refractivity contribution is -0.132. The van der Waals surface area contributed by atoms with Gasteiger partial charge in [0.25, 0.3) is 11.5 Å². The van der Waals surface area contributed by atoms with Gasteiger partial charge in [-0.1, -0.05) is 36.4 Å². The van der Waals surface area contributed by atoms with Crippen molar-refractivity contribution in [1.82, 2.24) is 24.5 Å². The largest absolute Gasteiger partial charge is 0.342 e. The molecule has 1 aliphatic rings. The van der Waals surface area contributed by atoms with Crippen molar-refractivity contribution in [3.05, 3.63) is 70.6 Å². The number of likely N-dealkylation sites (N-methyl/N-ethyl adjacent to an activating group) is 1. The minimum atomic E-state index is -0.256. The van der Waals surface area contributed by atoms with Gasteiger partial charge in [-0.15, -0.1) is 0 Å². The molecule has 8 nitrogen and oxygen atoms in total. The number of carbonyl (C=O) groups excluding carboxylic acids is 2. The Labute approximate surface area is 193 Å². The van der Waals surface area contributed by atoms with Gasteiger partial charge in [0.1, 0.15) is 0 Å². The van der Waals surface area contributed by atoms with E-state index in [0.717, 1.165) is 0 Å². The molecule has 1 fully saturated rings. The average molecular weight is 448 g/mol. The summed E-state index contributed by atoms with van der Waals surface area (Å²) in [5, 5.41) is 5.51. The van der Waals surface area contributed by atoms with Crippen molar-refractivity contribution in [2.75, 3.05) is 45.8 Å². The van der Waals surface area contributed by atoms with Crippen LogP contribution in [0.25, 0.3) is 16.5 Å². The summed E-state index contributed by atoms with van der Waals surface area (Å²) in [6.07, 6.45) is 0. The minimum absolute atomic E-state index is 0.113. The first-order chi connectivity index (χ1) is 16.0. The summed E-state index contributed by atoms with van der Waals surface area (Å²) in [7, 11) is 0. The molecule has 0 aliphatic carbocycles. The zero-order valence-corrected chi connectivity index (χ0v) is 19.1. The van der Waals surface area contributed by atoms with Gasteiger partial charge in [-0.3, -0.25) is 19.3 Å². The van der Waals surface area contributed by atoms with E-state index in [1.807, 2.05) is 43.0 Å². The van der Waals surface area contributed by atoms with Gasteiger partial charge in [0.15, 0.2) is 5.69 Å². The van der Waals surface area contributed by atoms with E-state index in [0.29, 0.717) is 62.3 Å². The predicted octanol–water partition coefficient (Wildman–Crippen LogP) is 2.01. The molecule has 2 aromatic carbocycles. The molecule has 3 aromatic rings. The number of carbonyl (C=O) groups is 2. The van der Waals surface area contributed by atoms with E-state index < -0.39 is 0 Å². The van der Waals surface area contributed by atoms with Gasteiger partial charge in [0.2, 0.25) is 5.91 Å². The van der Waals surface area contributed by atoms with Crippen LogP contribution in [0.15, 0.2) is 59.4 Å². The fourth-order valence-corrected chi connectivity index (χ4v) is 4.22. The minimum Gasteiger partial charge on any atom is -0.342 e. The van der Waals surface area contributed by atoms with Crippen molar-refractivity contribution in [3.63, 3.8) is 0 Å². The second kappa shape index (κ2) is 9.95. The summed E-state index contributed by atoms with van der Waals surface area (Å²) in [6, 6.07) is 16.2. The third-order valence-corrected chi connectivity index (χ3v) is 6.14. The number of hydrogen-bond donors (Lipinski definition) is 0. The number of amides is 2. The lowest BCUT2D eigenvalue weighted by atomic mass is 10.1. The second-order valence-corrected chi connectivity index (χ2v) is 8.08. The first-order valence-electron chi connectivity index (χ1n) is 11.4. The zero-order valence-electron chi connectivity index (χ0n) is 19.1. The summed E-state index contributed by atoms with van der Waals surface area (Å²) in [5.74, 6) is -0.0898. The Morgan fingerprint density at radius 3 is 2.12 bits per heavy atom. The van der Waals surface area contributed by atoms with E-state index in [-0.39, 0.29) is 23.1 Å². The van der Waals surface area contributed by atoms with E-state index in [4.69, 9.17) is 0 Å². The van der Waals surface area contributed by atoms with Crippen LogP contribution in [0.4, 0.5) is 0 Å². The Morgan fingerprint density at radius 2 is 1.48 bits per heavy atom. The van der Waals surface area contributed by atoms with E-state index >= 15 is 0 Å². The number of rotatable bonds is 6. The maximum absolute atomic E-state index is 13.5. The van der Waals surface area contributed by atoms with Crippen molar-refractivity contribution in [2.24, 2.45) is 0 Å². The molecule has 0 saturated carbocycles. The standard InChI is InChI=1S/C25H29N5O3/c1-3-28(4-2)22(31)18-27-14-16-29(17-15-27)25(33)23-20-12-8-9-13-21(20)24(32)30(26-23)19-10-6-5-7-11-19/h5-13H,3-4,14-18H2,1-2H3. The number of hydrogen-bond acceptors (Lipinski definition) is 5. The Morgan fingerprint density at radius 1 is 0.879 bits per heavy atom. The molecule has 0 N–H and O–H groups in total. The molecule has 0 unspecified atom stereocenters. The van der Waals surface area contributed by atoms with Gasteiger partial charge in [-0.05, 0) is 32.0 Å². The van der Waals surface area contributed by atoms with Crippen LogP contribution in [0.1, 0.15) is 24.3 Å². The zero-order chi connectivity index (χ0) is 23.4. The van der Waals surface area contributed by atoms with Crippen molar-refractivity contribution in [3.8, 4) is 5.69 Å². The van der Waals surface area contributed by atoms with Crippen molar-refractivity contribution in [2.45, 2.75) is 13.8 Å². The van der Waals surface area contributed by atoms with Crippen LogP contribution in [0.2, 0.25) is 0 Å². The fourth-order valence-electron chi connectivity index (χ4n) is 4.22. The molecule has 1 aliphatic heterocycles. The number of piperazine rings is 1. The monoisotopic (exact) mass is 447 g/mol. The lowest BCUT2D eigenvalue weighted by Crippen LogP contribution is -2.51. The van der Waals surface area contributed by atoms with Crippen molar-refractivity contribution in [1.29, 1.82) is 0 Å². The maximum atomic E-state index is 13.5. The van der Waals surface area contributed by atoms with Crippen molar-refractivity contribution >= 4 is 22.6 Å². The Kier molecular flexibility index (Phi) is 6.84. The highest BCUT2D eigenvalue weighted by atomic mass is 16.2. The number of fused-ring (bicyclic) bond motifs is 1. The third kappa shape index (κ3) is 4.66. The highest BCUT2D eigenvalue weighted by molar-refractivity contribution is 6.04. The molecule has 2 amide bonds. The van der Waals surface area contributed by atoms with Gasteiger partial charge in [-0.25, -0.2) is 0 Å².